The number of rotatable bonds is 5. The third kappa shape index (κ3) is 4.05. The van der Waals surface area contributed by atoms with Crippen molar-refractivity contribution in [3.8, 4) is 0 Å². The summed E-state index contributed by atoms with van der Waals surface area (Å²) in [5, 5.41) is 13.1. The fraction of sp³-hybridized carbons (Fsp3) is 0.556. The van der Waals surface area contributed by atoms with Crippen LogP contribution in [0.2, 0.25) is 0 Å². The van der Waals surface area contributed by atoms with Crippen molar-refractivity contribution in [2.24, 2.45) is 0 Å². The highest BCUT2D eigenvalue weighted by atomic mass is 32.1. The van der Waals surface area contributed by atoms with E-state index in [0.29, 0.717) is 5.92 Å². The minimum atomic E-state index is 0.0168. The molecule has 2 N–H and O–H groups in total. The molecule has 0 bridgehead atoms. The number of aliphatic hydroxyl groups is 1. The van der Waals surface area contributed by atoms with Gasteiger partial charge < -0.3 is 15.3 Å². The lowest BCUT2D eigenvalue weighted by Gasteiger charge is -2.32. The molecule has 1 aliphatic rings. The number of amides is 2. The van der Waals surface area contributed by atoms with E-state index < -0.39 is 0 Å². The lowest BCUT2D eigenvalue weighted by molar-refractivity contribution is 0.177. The first-order valence-corrected chi connectivity index (χ1v) is 9.51. The van der Waals surface area contributed by atoms with E-state index in [1.54, 1.807) is 11.3 Å². The number of para-hydroxylation sites is 1. The molecule has 1 atom stereocenters. The van der Waals surface area contributed by atoms with Gasteiger partial charge in [0.25, 0.3) is 0 Å². The van der Waals surface area contributed by atoms with Crippen LogP contribution in [0.1, 0.15) is 43.5 Å². The van der Waals surface area contributed by atoms with E-state index in [9.17, 15) is 4.79 Å². The predicted octanol–water partition coefficient (Wildman–Crippen LogP) is 3.35. The minimum absolute atomic E-state index is 0.0168. The van der Waals surface area contributed by atoms with Gasteiger partial charge in [0.2, 0.25) is 0 Å². The number of carbonyl (C=O) groups excluding carboxylic acids is 1. The first-order chi connectivity index (χ1) is 11.7. The summed E-state index contributed by atoms with van der Waals surface area (Å²) in [7, 11) is 0. The van der Waals surface area contributed by atoms with Crippen LogP contribution in [0, 0.1) is 0 Å². The first-order valence-electron chi connectivity index (χ1n) is 8.69. The van der Waals surface area contributed by atoms with Crippen molar-refractivity contribution in [1.82, 2.24) is 15.2 Å². The maximum Gasteiger partial charge on any atom is 0.317 e. The summed E-state index contributed by atoms with van der Waals surface area (Å²) in [6.07, 6.45) is 3.47. The summed E-state index contributed by atoms with van der Waals surface area (Å²) in [6, 6.07) is 8.37. The van der Waals surface area contributed by atoms with Gasteiger partial charge in [0.1, 0.15) is 0 Å². The molecule has 1 aromatic carbocycles. The van der Waals surface area contributed by atoms with E-state index in [2.05, 4.69) is 23.5 Å². The van der Waals surface area contributed by atoms with Crippen LogP contribution in [0.4, 0.5) is 4.79 Å². The fourth-order valence-electron chi connectivity index (χ4n) is 3.17. The molecule has 2 amide bonds. The predicted molar refractivity (Wildman–Crippen MR) is 97.5 cm³/mol. The second-order valence-corrected chi connectivity index (χ2v) is 7.56. The van der Waals surface area contributed by atoms with Crippen LogP contribution in [0.3, 0.4) is 0 Å². The average Bonchev–Trinajstić information content (AvgIpc) is 3.04. The number of fused-ring (bicyclic) bond motifs is 1. The number of piperidine rings is 1. The van der Waals surface area contributed by atoms with Crippen molar-refractivity contribution in [3.63, 3.8) is 0 Å². The number of urea groups is 1. The van der Waals surface area contributed by atoms with Crippen molar-refractivity contribution in [2.45, 2.75) is 44.6 Å². The number of hydrogen-bond donors (Lipinski definition) is 2. The maximum absolute atomic E-state index is 12.3. The van der Waals surface area contributed by atoms with Crippen molar-refractivity contribution < 1.29 is 9.90 Å². The Morgan fingerprint density at radius 2 is 2.17 bits per heavy atom. The largest absolute Gasteiger partial charge is 0.396 e. The molecule has 0 spiro atoms. The summed E-state index contributed by atoms with van der Waals surface area (Å²) in [4.78, 5) is 19.0. The van der Waals surface area contributed by atoms with Crippen LogP contribution >= 0.6 is 11.3 Å². The molecular formula is C18H25N3O2S. The van der Waals surface area contributed by atoms with E-state index in [1.807, 2.05) is 17.9 Å². The van der Waals surface area contributed by atoms with Crippen LogP contribution in [-0.4, -0.2) is 46.8 Å². The molecule has 2 aromatic rings. The van der Waals surface area contributed by atoms with Crippen molar-refractivity contribution in [3.05, 3.63) is 29.3 Å². The van der Waals surface area contributed by atoms with Crippen molar-refractivity contribution in [1.29, 1.82) is 0 Å². The van der Waals surface area contributed by atoms with Crippen LogP contribution in [-0.2, 0) is 0 Å². The molecule has 130 valence electrons. The van der Waals surface area contributed by atoms with Crippen LogP contribution < -0.4 is 5.32 Å². The summed E-state index contributed by atoms with van der Waals surface area (Å²) in [5.41, 5.74) is 1.08. The number of nitrogens with zero attached hydrogens (tertiary/aromatic N) is 2. The van der Waals surface area contributed by atoms with Crippen LogP contribution in [0.25, 0.3) is 10.2 Å². The van der Waals surface area contributed by atoms with Crippen molar-refractivity contribution >= 4 is 27.6 Å². The Morgan fingerprint density at radius 1 is 1.42 bits per heavy atom. The molecule has 1 saturated heterocycles. The number of carbonyl (C=O) groups is 1. The molecule has 1 aromatic heterocycles. The number of likely N-dealkylation sites (tertiary alicyclic amines) is 1. The molecule has 6 heteroatoms. The van der Waals surface area contributed by atoms with Gasteiger partial charge in [-0.2, -0.15) is 0 Å². The standard InChI is InChI=1S/C18H25N3O2S/c1-13(5-4-12-22)19-18(23)21-10-8-14(9-11-21)17-20-15-6-2-3-7-16(15)24-17/h2-3,6-7,13-14,22H,4-5,8-12H2,1H3,(H,19,23). The van der Waals surface area contributed by atoms with Gasteiger partial charge in [0, 0.05) is 31.7 Å². The summed E-state index contributed by atoms with van der Waals surface area (Å²) >= 11 is 1.78. The van der Waals surface area contributed by atoms with Gasteiger partial charge in [-0.3, -0.25) is 0 Å². The first kappa shape index (κ1) is 17.2. The zero-order chi connectivity index (χ0) is 16.9. The number of benzene rings is 1. The molecule has 1 fully saturated rings. The van der Waals surface area contributed by atoms with Gasteiger partial charge in [-0.1, -0.05) is 12.1 Å². The Bertz CT molecular complexity index is 647. The highest BCUT2D eigenvalue weighted by Gasteiger charge is 2.26. The monoisotopic (exact) mass is 347 g/mol. The van der Waals surface area contributed by atoms with Gasteiger partial charge in [-0.25, -0.2) is 9.78 Å². The number of aliphatic hydroxyl groups excluding tert-OH is 1. The fourth-order valence-corrected chi connectivity index (χ4v) is 4.30. The van der Waals surface area contributed by atoms with Crippen LogP contribution in [0.5, 0.6) is 0 Å². The normalized spacial score (nSPS) is 17.2. The highest BCUT2D eigenvalue weighted by Crippen LogP contribution is 2.33. The molecule has 3 rings (SSSR count). The van der Waals surface area contributed by atoms with Gasteiger partial charge >= 0.3 is 6.03 Å². The van der Waals surface area contributed by atoms with Gasteiger partial charge in [-0.05, 0) is 44.7 Å². The van der Waals surface area contributed by atoms with E-state index >= 15 is 0 Å². The van der Waals surface area contributed by atoms with E-state index in [-0.39, 0.29) is 18.7 Å². The zero-order valence-electron chi connectivity index (χ0n) is 14.1. The second-order valence-electron chi connectivity index (χ2n) is 6.50. The number of thiazole rings is 1. The number of nitrogens with one attached hydrogen (secondary N) is 1. The smallest absolute Gasteiger partial charge is 0.317 e. The number of aromatic nitrogens is 1. The van der Waals surface area contributed by atoms with E-state index in [1.165, 1.54) is 9.71 Å². The summed E-state index contributed by atoms with van der Waals surface area (Å²) in [5.74, 6) is 0.457. The summed E-state index contributed by atoms with van der Waals surface area (Å²) in [6.45, 7) is 3.72. The Kier molecular flexibility index (Phi) is 5.68. The second kappa shape index (κ2) is 7.94. The van der Waals surface area contributed by atoms with Crippen LogP contribution in [0.15, 0.2) is 24.3 Å². The molecule has 0 aliphatic carbocycles. The van der Waals surface area contributed by atoms with Gasteiger partial charge in [-0.15, -0.1) is 11.3 Å². The molecule has 1 unspecified atom stereocenters. The quantitative estimate of drug-likeness (QED) is 0.872. The molecule has 2 heterocycles. The molecule has 0 saturated carbocycles. The third-order valence-corrected chi connectivity index (χ3v) is 5.81. The Labute approximate surface area is 146 Å². The molecule has 1 aliphatic heterocycles. The Balaban J connectivity index is 1.52. The van der Waals surface area contributed by atoms with Gasteiger partial charge in [0.05, 0.1) is 15.2 Å². The van der Waals surface area contributed by atoms with Crippen molar-refractivity contribution in [2.75, 3.05) is 19.7 Å². The molecular weight excluding hydrogens is 322 g/mol. The lowest BCUT2D eigenvalue weighted by Crippen LogP contribution is -2.46. The molecule has 24 heavy (non-hydrogen) atoms. The summed E-state index contributed by atoms with van der Waals surface area (Å²) < 4.78 is 1.24. The maximum atomic E-state index is 12.3. The van der Waals surface area contributed by atoms with E-state index in [4.69, 9.17) is 10.1 Å². The Hall–Kier alpha value is -1.66. The topological polar surface area (TPSA) is 65.5 Å². The zero-order valence-corrected chi connectivity index (χ0v) is 14.9. The van der Waals surface area contributed by atoms with Gasteiger partial charge in [0.15, 0.2) is 0 Å². The molecule has 0 radical (unpaired) electrons. The lowest BCUT2D eigenvalue weighted by atomic mass is 9.98. The average molecular weight is 347 g/mol. The van der Waals surface area contributed by atoms with E-state index in [0.717, 1.165) is 44.3 Å². The third-order valence-electron chi connectivity index (χ3n) is 4.61. The highest BCUT2D eigenvalue weighted by molar-refractivity contribution is 7.18. The SMILES string of the molecule is CC(CCCO)NC(=O)N1CCC(c2nc3ccccc3s2)CC1. The molecule has 5 nitrogen and oxygen atoms in total. The number of hydrogen-bond acceptors (Lipinski definition) is 4. The minimum Gasteiger partial charge on any atom is -0.396 e. The Morgan fingerprint density at radius 3 is 2.88 bits per heavy atom.